The highest BCUT2D eigenvalue weighted by Crippen LogP contribution is 2.54. The number of nitrogens with zero attached hydrogens (tertiary/aromatic N) is 1. The van der Waals surface area contributed by atoms with Crippen molar-refractivity contribution in [3.05, 3.63) is 70.8 Å². The third-order valence-corrected chi connectivity index (χ3v) is 9.30. The summed E-state index contributed by atoms with van der Waals surface area (Å²) < 4.78 is 29.3. The molecule has 0 spiro atoms. The summed E-state index contributed by atoms with van der Waals surface area (Å²) in [5, 5.41) is 22.2. The average Bonchev–Trinajstić information content (AvgIpc) is 2.78. The molecule has 0 radical (unpaired) electrons. The number of phenols is 2. The van der Waals surface area contributed by atoms with Crippen LogP contribution in [0.3, 0.4) is 0 Å². The van der Waals surface area contributed by atoms with Crippen LogP contribution >= 0.6 is 0 Å². The molecule has 0 fully saturated rings. The van der Waals surface area contributed by atoms with Gasteiger partial charge in [-0.3, -0.25) is 4.31 Å². The van der Waals surface area contributed by atoms with Gasteiger partial charge < -0.3 is 10.2 Å². The van der Waals surface area contributed by atoms with E-state index in [1.807, 2.05) is 20.8 Å². The number of phenolic OH excluding ortho intramolecular Hbond substituents is 2. The Labute approximate surface area is 203 Å². The van der Waals surface area contributed by atoms with Crippen LogP contribution in [-0.2, 0) is 10.0 Å². The van der Waals surface area contributed by atoms with Crippen LogP contribution in [0.25, 0.3) is 0 Å². The van der Waals surface area contributed by atoms with Crippen LogP contribution in [0.15, 0.2) is 59.0 Å². The maximum atomic E-state index is 13.9. The fraction of sp³-hybridized carbons (Fsp3) is 0.429. The standard InChI is InChI=1S/C28H35NO4S/c1-6-20-13-14-29(34(32,33)21-10-7-18(4)8-11-21)28-26(20)24(30)16-25(31)27(28)23-15-19(5)9-12-22(23)17(2)3/h7-8,10-11,15-16,20,22-23,30-31H,2,6,9,12-14H2,1,3-5H3/t20-,22+,23-/m1/s1. The number of hydrogen-bond donors (Lipinski definition) is 2. The minimum atomic E-state index is -3.90. The lowest BCUT2D eigenvalue weighted by Gasteiger charge is -2.40. The van der Waals surface area contributed by atoms with Crippen LogP contribution in [0.1, 0.15) is 75.0 Å². The minimum Gasteiger partial charge on any atom is -0.507 e. The van der Waals surface area contributed by atoms with Crippen LogP contribution in [0, 0.1) is 12.8 Å². The molecular weight excluding hydrogens is 446 g/mol. The van der Waals surface area contributed by atoms with Gasteiger partial charge in [0.2, 0.25) is 0 Å². The fourth-order valence-electron chi connectivity index (χ4n) is 5.59. The Balaban J connectivity index is 2.01. The van der Waals surface area contributed by atoms with Gasteiger partial charge in [0.15, 0.2) is 0 Å². The van der Waals surface area contributed by atoms with Gasteiger partial charge in [-0.25, -0.2) is 8.42 Å². The molecule has 1 heterocycles. The molecule has 1 aliphatic carbocycles. The van der Waals surface area contributed by atoms with E-state index >= 15 is 0 Å². The van der Waals surface area contributed by atoms with Gasteiger partial charge in [0.1, 0.15) is 11.5 Å². The first-order chi connectivity index (χ1) is 16.1. The Morgan fingerprint density at radius 1 is 1.09 bits per heavy atom. The Morgan fingerprint density at radius 3 is 2.35 bits per heavy atom. The molecule has 2 N–H and O–H groups in total. The van der Waals surface area contributed by atoms with Crippen LogP contribution in [0.2, 0.25) is 0 Å². The number of aryl methyl sites for hydroxylation is 1. The van der Waals surface area contributed by atoms with E-state index in [0.29, 0.717) is 29.8 Å². The Morgan fingerprint density at radius 2 is 1.74 bits per heavy atom. The number of sulfonamides is 1. The highest BCUT2D eigenvalue weighted by atomic mass is 32.2. The lowest BCUT2D eigenvalue weighted by atomic mass is 9.72. The molecule has 3 atom stereocenters. The van der Waals surface area contributed by atoms with E-state index in [9.17, 15) is 18.6 Å². The van der Waals surface area contributed by atoms with Gasteiger partial charge in [0.05, 0.1) is 10.6 Å². The molecular formula is C28H35NO4S. The molecule has 4 rings (SSSR count). The molecule has 0 saturated carbocycles. The lowest BCUT2D eigenvalue weighted by Crippen LogP contribution is -2.38. The van der Waals surface area contributed by atoms with E-state index < -0.39 is 10.0 Å². The summed E-state index contributed by atoms with van der Waals surface area (Å²) in [5.41, 5.74) is 4.83. The molecule has 182 valence electrons. The van der Waals surface area contributed by atoms with Crippen molar-refractivity contribution >= 4 is 15.7 Å². The van der Waals surface area contributed by atoms with E-state index in [2.05, 4.69) is 19.6 Å². The van der Waals surface area contributed by atoms with Crippen LogP contribution in [-0.4, -0.2) is 25.2 Å². The third-order valence-electron chi connectivity index (χ3n) is 7.49. The molecule has 0 amide bonds. The van der Waals surface area contributed by atoms with Crippen molar-refractivity contribution in [2.75, 3.05) is 10.8 Å². The second kappa shape index (κ2) is 9.14. The second-order valence-electron chi connectivity index (χ2n) is 9.91. The van der Waals surface area contributed by atoms with Crippen LogP contribution in [0.5, 0.6) is 11.5 Å². The number of rotatable bonds is 5. The normalized spacial score (nSPS) is 22.8. The quantitative estimate of drug-likeness (QED) is 0.477. The van der Waals surface area contributed by atoms with Gasteiger partial charge in [-0.2, -0.15) is 0 Å². The maximum Gasteiger partial charge on any atom is 0.264 e. The van der Waals surface area contributed by atoms with Crippen molar-refractivity contribution in [3.8, 4) is 11.5 Å². The molecule has 2 aromatic carbocycles. The van der Waals surface area contributed by atoms with Gasteiger partial charge >= 0.3 is 0 Å². The van der Waals surface area contributed by atoms with E-state index in [1.54, 1.807) is 24.3 Å². The number of aromatic hydroxyl groups is 2. The zero-order valence-corrected chi connectivity index (χ0v) is 21.3. The zero-order chi connectivity index (χ0) is 24.8. The number of fused-ring (bicyclic) bond motifs is 1. The number of anilines is 1. The SMILES string of the molecule is C=C(C)[C@@H]1CCC(C)=C[C@H]1c1c(O)cc(O)c2c1N(S(=O)(=O)c1ccc(C)cc1)CC[C@H]2CC. The van der Waals surface area contributed by atoms with E-state index in [1.165, 1.54) is 15.9 Å². The Bertz CT molecular complexity index is 1240. The van der Waals surface area contributed by atoms with Gasteiger partial charge in [0.25, 0.3) is 10.0 Å². The minimum absolute atomic E-state index is 0.00997. The number of allylic oxidation sites excluding steroid dienone is 3. The molecule has 1 aliphatic heterocycles. The Hall–Kier alpha value is -2.73. The van der Waals surface area contributed by atoms with Crippen molar-refractivity contribution in [1.29, 1.82) is 0 Å². The van der Waals surface area contributed by atoms with E-state index in [4.69, 9.17) is 0 Å². The molecule has 0 bridgehead atoms. The zero-order valence-electron chi connectivity index (χ0n) is 20.5. The Kier molecular flexibility index (Phi) is 6.56. The van der Waals surface area contributed by atoms with E-state index in [0.717, 1.165) is 30.4 Å². The smallest absolute Gasteiger partial charge is 0.264 e. The van der Waals surface area contributed by atoms with Crippen molar-refractivity contribution in [2.45, 2.75) is 70.1 Å². The summed E-state index contributed by atoms with van der Waals surface area (Å²) in [6.45, 7) is 12.5. The second-order valence-corrected chi connectivity index (χ2v) is 11.8. The predicted octanol–water partition coefficient (Wildman–Crippen LogP) is 6.51. The fourth-order valence-corrected chi connectivity index (χ4v) is 7.11. The summed E-state index contributed by atoms with van der Waals surface area (Å²) in [6.07, 6.45) is 5.35. The lowest BCUT2D eigenvalue weighted by molar-refractivity contribution is 0.416. The van der Waals surface area contributed by atoms with Crippen molar-refractivity contribution in [2.24, 2.45) is 5.92 Å². The molecule has 6 heteroatoms. The molecule has 5 nitrogen and oxygen atoms in total. The van der Waals surface area contributed by atoms with Gasteiger partial charge in [-0.1, -0.05) is 48.4 Å². The third kappa shape index (κ3) is 4.13. The number of benzene rings is 2. The van der Waals surface area contributed by atoms with Gasteiger partial charge in [-0.05, 0) is 70.4 Å². The first kappa shape index (κ1) is 24.4. The van der Waals surface area contributed by atoms with Crippen molar-refractivity contribution in [1.82, 2.24) is 0 Å². The molecule has 34 heavy (non-hydrogen) atoms. The first-order valence-corrected chi connectivity index (χ1v) is 13.5. The highest BCUT2D eigenvalue weighted by molar-refractivity contribution is 7.92. The van der Waals surface area contributed by atoms with Gasteiger partial charge in [0, 0.05) is 29.7 Å². The highest BCUT2D eigenvalue weighted by Gasteiger charge is 2.40. The largest absolute Gasteiger partial charge is 0.507 e. The summed E-state index contributed by atoms with van der Waals surface area (Å²) in [5.74, 6) is -0.244. The monoisotopic (exact) mass is 481 g/mol. The van der Waals surface area contributed by atoms with E-state index in [-0.39, 0.29) is 34.1 Å². The summed E-state index contributed by atoms with van der Waals surface area (Å²) in [6, 6.07) is 8.22. The van der Waals surface area contributed by atoms with Gasteiger partial charge in [-0.15, -0.1) is 0 Å². The maximum absolute atomic E-state index is 13.9. The molecule has 2 aliphatic rings. The molecule has 0 unspecified atom stereocenters. The topological polar surface area (TPSA) is 77.8 Å². The molecule has 0 saturated heterocycles. The summed E-state index contributed by atoms with van der Waals surface area (Å²) >= 11 is 0. The van der Waals surface area contributed by atoms with Crippen molar-refractivity contribution < 1.29 is 18.6 Å². The average molecular weight is 482 g/mol. The van der Waals surface area contributed by atoms with Crippen LogP contribution < -0.4 is 4.31 Å². The molecule has 0 aromatic heterocycles. The van der Waals surface area contributed by atoms with Crippen LogP contribution in [0.4, 0.5) is 5.69 Å². The number of hydrogen-bond acceptors (Lipinski definition) is 4. The first-order valence-electron chi connectivity index (χ1n) is 12.1. The molecule has 2 aromatic rings. The summed E-state index contributed by atoms with van der Waals surface area (Å²) in [4.78, 5) is 0.208. The van der Waals surface area contributed by atoms with Crippen molar-refractivity contribution in [3.63, 3.8) is 0 Å². The summed E-state index contributed by atoms with van der Waals surface area (Å²) in [7, 11) is -3.90. The predicted molar refractivity (Wildman–Crippen MR) is 137 cm³/mol.